The van der Waals surface area contributed by atoms with E-state index in [0.29, 0.717) is 17.9 Å². The Bertz CT molecular complexity index is 583. The Morgan fingerprint density at radius 2 is 1.95 bits per heavy atom. The van der Waals surface area contributed by atoms with E-state index in [1.807, 2.05) is 25.1 Å². The van der Waals surface area contributed by atoms with E-state index in [-0.39, 0.29) is 5.82 Å². The molecule has 0 amide bonds. The van der Waals surface area contributed by atoms with Crippen molar-refractivity contribution in [1.82, 2.24) is 9.97 Å². The van der Waals surface area contributed by atoms with E-state index in [9.17, 15) is 4.39 Å². The van der Waals surface area contributed by atoms with Gasteiger partial charge >= 0.3 is 0 Å². The normalized spacial score (nSPS) is 21.9. The molecule has 104 valence electrons. The summed E-state index contributed by atoms with van der Waals surface area (Å²) in [6.45, 7) is 1.96. The van der Waals surface area contributed by atoms with E-state index in [2.05, 4.69) is 15.3 Å². The van der Waals surface area contributed by atoms with Gasteiger partial charge in [-0.2, -0.15) is 0 Å². The lowest BCUT2D eigenvalue weighted by Gasteiger charge is -2.21. The van der Waals surface area contributed by atoms with Crippen molar-refractivity contribution in [2.45, 2.75) is 38.1 Å². The zero-order valence-electron chi connectivity index (χ0n) is 11.5. The third kappa shape index (κ3) is 2.79. The summed E-state index contributed by atoms with van der Waals surface area (Å²) in [5.41, 5.74) is 2.15. The second kappa shape index (κ2) is 5.57. The first-order chi connectivity index (χ1) is 9.72. The van der Waals surface area contributed by atoms with Crippen LogP contribution in [0.25, 0.3) is 0 Å². The first kappa shape index (κ1) is 13.0. The average Bonchev–Trinajstić information content (AvgIpc) is 2.88. The largest absolute Gasteiger partial charge is 0.351 e. The lowest BCUT2D eigenvalue weighted by molar-refractivity contribution is 0.617. The third-order valence-electron chi connectivity index (χ3n) is 3.92. The molecule has 4 heteroatoms. The number of anilines is 1. The highest BCUT2D eigenvalue weighted by Crippen LogP contribution is 2.36. The van der Waals surface area contributed by atoms with Gasteiger partial charge < -0.3 is 5.32 Å². The minimum absolute atomic E-state index is 0.182. The minimum Gasteiger partial charge on any atom is -0.351 e. The van der Waals surface area contributed by atoms with Crippen LogP contribution in [-0.2, 0) is 0 Å². The second-order valence-corrected chi connectivity index (χ2v) is 5.36. The standard InChI is InChI=1S/C16H18FN3/c1-11-9-10-18-16(19-11)20-15-4-2-3-14(15)12-5-7-13(17)8-6-12/h5-10,14-15H,2-4H2,1H3,(H,18,19,20). The molecular formula is C16H18FN3. The highest BCUT2D eigenvalue weighted by atomic mass is 19.1. The molecule has 1 fully saturated rings. The molecular weight excluding hydrogens is 253 g/mol. The fourth-order valence-electron chi connectivity index (χ4n) is 2.93. The number of aryl methyl sites for hydroxylation is 1. The van der Waals surface area contributed by atoms with E-state index < -0.39 is 0 Å². The fraction of sp³-hybridized carbons (Fsp3) is 0.375. The van der Waals surface area contributed by atoms with Gasteiger partial charge in [0.05, 0.1) is 0 Å². The molecule has 20 heavy (non-hydrogen) atoms. The Labute approximate surface area is 118 Å². The first-order valence-corrected chi connectivity index (χ1v) is 7.04. The van der Waals surface area contributed by atoms with Crippen molar-refractivity contribution < 1.29 is 4.39 Å². The Morgan fingerprint density at radius 3 is 2.70 bits per heavy atom. The summed E-state index contributed by atoms with van der Waals surface area (Å²) in [4.78, 5) is 8.66. The molecule has 0 aliphatic heterocycles. The summed E-state index contributed by atoms with van der Waals surface area (Å²) in [7, 11) is 0. The molecule has 3 nitrogen and oxygen atoms in total. The molecule has 0 radical (unpaired) electrons. The topological polar surface area (TPSA) is 37.8 Å². The Morgan fingerprint density at radius 1 is 1.15 bits per heavy atom. The van der Waals surface area contributed by atoms with Gasteiger partial charge in [0.25, 0.3) is 0 Å². The summed E-state index contributed by atoms with van der Waals surface area (Å²) < 4.78 is 13.0. The third-order valence-corrected chi connectivity index (χ3v) is 3.92. The molecule has 1 heterocycles. The highest BCUT2D eigenvalue weighted by molar-refractivity contribution is 5.32. The Kier molecular flexibility index (Phi) is 3.63. The highest BCUT2D eigenvalue weighted by Gasteiger charge is 2.29. The molecule has 1 saturated carbocycles. The fourth-order valence-corrected chi connectivity index (χ4v) is 2.93. The molecule has 1 aromatic heterocycles. The van der Waals surface area contributed by atoms with Crippen molar-refractivity contribution in [2.24, 2.45) is 0 Å². The lowest BCUT2D eigenvalue weighted by Crippen LogP contribution is -2.23. The molecule has 2 aromatic rings. The van der Waals surface area contributed by atoms with E-state index in [4.69, 9.17) is 0 Å². The van der Waals surface area contributed by atoms with E-state index in [1.165, 1.54) is 24.1 Å². The predicted octanol–water partition coefficient (Wildman–Crippen LogP) is 3.67. The molecule has 0 saturated heterocycles. The van der Waals surface area contributed by atoms with Crippen molar-refractivity contribution in [1.29, 1.82) is 0 Å². The SMILES string of the molecule is Cc1ccnc(NC2CCCC2c2ccc(F)cc2)n1. The summed E-state index contributed by atoms with van der Waals surface area (Å²) in [5, 5.41) is 3.43. The molecule has 1 aliphatic carbocycles. The van der Waals surface area contributed by atoms with Crippen molar-refractivity contribution in [3.63, 3.8) is 0 Å². The number of rotatable bonds is 3. The lowest BCUT2D eigenvalue weighted by atomic mass is 9.94. The molecule has 1 aromatic carbocycles. The number of halogens is 1. The van der Waals surface area contributed by atoms with Crippen LogP contribution in [0.2, 0.25) is 0 Å². The van der Waals surface area contributed by atoms with Gasteiger partial charge in [0.15, 0.2) is 0 Å². The van der Waals surface area contributed by atoms with Crippen LogP contribution in [-0.4, -0.2) is 16.0 Å². The van der Waals surface area contributed by atoms with Gasteiger partial charge in [-0.05, 0) is 43.5 Å². The Balaban J connectivity index is 1.77. The summed E-state index contributed by atoms with van der Waals surface area (Å²) in [6.07, 6.45) is 5.16. The van der Waals surface area contributed by atoms with Gasteiger partial charge in [0, 0.05) is 23.9 Å². The quantitative estimate of drug-likeness (QED) is 0.925. The van der Waals surface area contributed by atoms with Crippen LogP contribution in [0.4, 0.5) is 10.3 Å². The van der Waals surface area contributed by atoms with Gasteiger partial charge in [-0.15, -0.1) is 0 Å². The van der Waals surface area contributed by atoms with Gasteiger partial charge in [-0.3, -0.25) is 0 Å². The Hall–Kier alpha value is -1.97. The van der Waals surface area contributed by atoms with Crippen LogP contribution in [0, 0.1) is 12.7 Å². The van der Waals surface area contributed by atoms with Crippen molar-refractivity contribution in [3.8, 4) is 0 Å². The molecule has 1 N–H and O–H groups in total. The van der Waals surface area contributed by atoms with Crippen LogP contribution in [0.5, 0.6) is 0 Å². The molecule has 3 rings (SSSR count). The summed E-state index contributed by atoms with van der Waals surface area (Å²) in [5.74, 6) is 0.905. The zero-order valence-corrected chi connectivity index (χ0v) is 11.5. The molecule has 0 spiro atoms. The molecule has 0 bridgehead atoms. The molecule has 1 aliphatic rings. The molecule has 2 atom stereocenters. The molecule has 2 unspecified atom stereocenters. The van der Waals surface area contributed by atoms with E-state index in [1.54, 1.807) is 6.20 Å². The van der Waals surface area contributed by atoms with Crippen LogP contribution in [0.1, 0.15) is 36.4 Å². The van der Waals surface area contributed by atoms with Gasteiger partial charge in [0.2, 0.25) is 5.95 Å². The smallest absolute Gasteiger partial charge is 0.223 e. The summed E-state index contributed by atoms with van der Waals surface area (Å²) >= 11 is 0. The second-order valence-electron chi connectivity index (χ2n) is 5.36. The van der Waals surface area contributed by atoms with Crippen molar-refractivity contribution in [2.75, 3.05) is 5.32 Å². The van der Waals surface area contributed by atoms with E-state index in [0.717, 1.165) is 18.5 Å². The number of nitrogens with zero attached hydrogens (tertiary/aromatic N) is 2. The van der Waals surface area contributed by atoms with Crippen LogP contribution < -0.4 is 5.32 Å². The number of hydrogen-bond acceptors (Lipinski definition) is 3. The maximum absolute atomic E-state index is 13.0. The van der Waals surface area contributed by atoms with Crippen LogP contribution in [0.3, 0.4) is 0 Å². The number of hydrogen-bond donors (Lipinski definition) is 1. The van der Waals surface area contributed by atoms with Crippen molar-refractivity contribution in [3.05, 3.63) is 53.6 Å². The monoisotopic (exact) mass is 271 g/mol. The maximum Gasteiger partial charge on any atom is 0.223 e. The predicted molar refractivity (Wildman–Crippen MR) is 77.2 cm³/mol. The number of benzene rings is 1. The average molecular weight is 271 g/mol. The minimum atomic E-state index is -0.182. The number of nitrogens with one attached hydrogen (secondary N) is 1. The van der Waals surface area contributed by atoms with Crippen LogP contribution >= 0.6 is 0 Å². The summed E-state index contributed by atoms with van der Waals surface area (Å²) in [6, 6.07) is 9.05. The zero-order chi connectivity index (χ0) is 13.9. The van der Waals surface area contributed by atoms with Gasteiger partial charge in [-0.1, -0.05) is 18.6 Å². The van der Waals surface area contributed by atoms with Crippen molar-refractivity contribution >= 4 is 5.95 Å². The van der Waals surface area contributed by atoms with Crippen LogP contribution in [0.15, 0.2) is 36.5 Å². The van der Waals surface area contributed by atoms with Gasteiger partial charge in [-0.25, -0.2) is 14.4 Å². The van der Waals surface area contributed by atoms with Gasteiger partial charge in [0.1, 0.15) is 5.82 Å². The van der Waals surface area contributed by atoms with E-state index >= 15 is 0 Å². The first-order valence-electron chi connectivity index (χ1n) is 7.04. The maximum atomic E-state index is 13.0. The number of aromatic nitrogens is 2.